The second-order valence-corrected chi connectivity index (χ2v) is 3.93. The maximum atomic E-state index is 5.27. The molecular formula is C8H9BiO. The van der Waals surface area contributed by atoms with Crippen LogP contribution in [-0.2, 0) is 0 Å². The average Bonchev–Trinajstić information content (AvgIpc) is 1.95. The Morgan fingerprint density at radius 2 is 1.90 bits per heavy atom. The number of rotatable bonds is 2. The Bertz CT molecular complexity index is 193. The summed E-state index contributed by atoms with van der Waals surface area (Å²) in [6.07, 6.45) is 0. The molecule has 0 unspecified atom stereocenters. The first-order valence-corrected chi connectivity index (χ1v) is 4.98. The summed E-state index contributed by atoms with van der Waals surface area (Å²) in [6.45, 7) is 2.74. The molecule has 2 heteroatoms. The van der Waals surface area contributed by atoms with E-state index >= 15 is 0 Å². The number of benzene rings is 1. The third-order valence-electron chi connectivity index (χ3n) is 1.15. The quantitative estimate of drug-likeness (QED) is 0.732. The molecule has 1 rings (SSSR count). The van der Waals surface area contributed by atoms with Crippen molar-refractivity contribution in [2.24, 2.45) is 0 Å². The summed E-state index contributed by atoms with van der Waals surface area (Å²) in [5.41, 5.74) is 0. The van der Waals surface area contributed by atoms with E-state index in [1.165, 1.54) is 28.0 Å². The molecule has 2 radical (unpaired) electrons. The molecule has 10 heavy (non-hydrogen) atoms. The van der Waals surface area contributed by atoms with Gasteiger partial charge in [-0.1, -0.05) is 0 Å². The number of hydrogen-bond donors (Lipinski definition) is 0. The molecule has 0 aliphatic heterocycles. The van der Waals surface area contributed by atoms with Gasteiger partial charge in [-0.3, -0.25) is 0 Å². The molecule has 0 amide bonds. The van der Waals surface area contributed by atoms with E-state index in [0.717, 1.165) is 12.4 Å². The predicted molar refractivity (Wildman–Crippen MR) is 43.0 cm³/mol. The molecule has 52 valence electrons. The molecule has 0 heterocycles. The molecule has 0 saturated carbocycles. The fraction of sp³-hybridized carbons (Fsp3) is 0.250. The summed E-state index contributed by atoms with van der Waals surface area (Å²) >= 11 is 1.31. The van der Waals surface area contributed by atoms with Crippen LogP contribution < -0.4 is 8.01 Å². The summed E-state index contributed by atoms with van der Waals surface area (Å²) in [5.74, 6) is 0.970. The molecule has 0 spiro atoms. The van der Waals surface area contributed by atoms with E-state index < -0.39 is 0 Å². The molecular weight excluding hydrogens is 321 g/mol. The Morgan fingerprint density at radius 1 is 1.30 bits per heavy atom. The van der Waals surface area contributed by atoms with Gasteiger partial charge in [-0.05, 0) is 0 Å². The van der Waals surface area contributed by atoms with Crippen molar-refractivity contribution in [3.63, 3.8) is 0 Å². The second-order valence-electron chi connectivity index (χ2n) is 1.93. The van der Waals surface area contributed by atoms with Crippen molar-refractivity contribution < 1.29 is 4.74 Å². The minimum atomic E-state index is 0.748. The summed E-state index contributed by atoms with van der Waals surface area (Å²) in [7, 11) is 0. The monoisotopic (exact) mass is 330 g/mol. The number of hydrogen-bond acceptors (Lipinski definition) is 1. The van der Waals surface area contributed by atoms with Gasteiger partial charge in [0, 0.05) is 0 Å². The first-order chi connectivity index (χ1) is 4.83. The van der Waals surface area contributed by atoms with Crippen molar-refractivity contribution in [3.8, 4) is 5.75 Å². The van der Waals surface area contributed by atoms with Crippen LogP contribution in [0.1, 0.15) is 6.92 Å². The zero-order valence-corrected chi connectivity index (χ0v) is 9.35. The van der Waals surface area contributed by atoms with Crippen molar-refractivity contribution in [2.45, 2.75) is 6.92 Å². The van der Waals surface area contributed by atoms with Crippen LogP contribution in [0.5, 0.6) is 5.75 Å². The van der Waals surface area contributed by atoms with Crippen LogP contribution in [0.2, 0.25) is 0 Å². The van der Waals surface area contributed by atoms with Crippen LogP contribution in [0.4, 0.5) is 0 Å². The molecule has 0 N–H and O–H groups in total. The Morgan fingerprint density at radius 3 is 2.40 bits per heavy atom. The van der Waals surface area contributed by atoms with Crippen molar-refractivity contribution in [1.82, 2.24) is 0 Å². The molecule has 1 nitrogen and oxygen atoms in total. The Kier molecular flexibility index (Phi) is 3.14. The van der Waals surface area contributed by atoms with E-state index in [0.29, 0.717) is 0 Å². The van der Waals surface area contributed by atoms with Crippen molar-refractivity contribution in [3.05, 3.63) is 24.3 Å². The van der Waals surface area contributed by atoms with Gasteiger partial charge in [0.25, 0.3) is 0 Å². The van der Waals surface area contributed by atoms with Gasteiger partial charge in [0.1, 0.15) is 0 Å². The van der Waals surface area contributed by atoms with Crippen molar-refractivity contribution in [2.75, 3.05) is 6.61 Å². The molecule has 0 aliphatic carbocycles. The van der Waals surface area contributed by atoms with E-state index in [2.05, 4.69) is 12.1 Å². The van der Waals surface area contributed by atoms with Crippen LogP contribution >= 0.6 is 0 Å². The molecule has 0 fully saturated rings. The van der Waals surface area contributed by atoms with E-state index in [9.17, 15) is 0 Å². The normalized spacial score (nSPS) is 9.40. The van der Waals surface area contributed by atoms with E-state index in [-0.39, 0.29) is 0 Å². The zero-order valence-electron chi connectivity index (χ0n) is 5.87. The van der Waals surface area contributed by atoms with E-state index in [4.69, 9.17) is 4.74 Å². The van der Waals surface area contributed by atoms with Crippen LogP contribution in [0.15, 0.2) is 24.3 Å². The molecule has 0 atom stereocenters. The standard InChI is InChI=1S/C8H9O.Bi/c1-2-9-8-6-4-3-5-7-8;/h4-7H,2H2,1H3;. The summed E-state index contributed by atoms with van der Waals surface area (Å²) in [5, 5.41) is 0. The van der Waals surface area contributed by atoms with Crippen LogP contribution in [-0.4, -0.2) is 31.3 Å². The van der Waals surface area contributed by atoms with Crippen LogP contribution in [0, 0.1) is 0 Å². The van der Waals surface area contributed by atoms with Gasteiger partial charge in [0.05, 0.1) is 0 Å². The fourth-order valence-corrected chi connectivity index (χ4v) is 1.29. The Hall–Kier alpha value is -0.0969. The van der Waals surface area contributed by atoms with Gasteiger partial charge < -0.3 is 0 Å². The van der Waals surface area contributed by atoms with Gasteiger partial charge >= 0.3 is 76.3 Å². The molecule has 1 aromatic carbocycles. The van der Waals surface area contributed by atoms with Crippen molar-refractivity contribution >= 4 is 28.0 Å². The SMILES string of the molecule is CCOc1cc[c]([Bi])cc1. The molecule has 0 aliphatic rings. The molecule has 0 bridgehead atoms. The van der Waals surface area contributed by atoms with Crippen molar-refractivity contribution in [1.29, 1.82) is 0 Å². The third-order valence-corrected chi connectivity index (χ3v) is 2.31. The van der Waals surface area contributed by atoms with Gasteiger partial charge in [-0.15, -0.1) is 0 Å². The van der Waals surface area contributed by atoms with E-state index in [1.54, 1.807) is 0 Å². The Labute approximate surface area is 76.2 Å². The zero-order chi connectivity index (χ0) is 7.40. The first-order valence-electron chi connectivity index (χ1n) is 3.24. The topological polar surface area (TPSA) is 9.23 Å². The maximum absolute atomic E-state index is 5.27. The second kappa shape index (κ2) is 3.92. The van der Waals surface area contributed by atoms with Gasteiger partial charge in [-0.2, -0.15) is 0 Å². The summed E-state index contributed by atoms with van der Waals surface area (Å²) in [4.78, 5) is 0. The summed E-state index contributed by atoms with van der Waals surface area (Å²) < 4.78 is 6.65. The minimum absolute atomic E-state index is 0.748. The molecule has 1 aromatic rings. The Balaban J connectivity index is 2.69. The van der Waals surface area contributed by atoms with Crippen LogP contribution in [0.25, 0.3) is 0 Å². The van der Waals surface area contributed by atoms with Gasteiger partial charge in [0.15, 0.2) is 0 Å². The predicted octanol–water partition coefficient (Wildman–Crippen LogP) is 0.879. The average molecular weight is 330 g/mol. The molecule has 0 saturated heterocycles. The first kappa shape index (κ1) is 8.00. The van der Waals surface area contributed by atoms with Gasteiger partial charge in [-0.25, -0.2) is 0 Å². The number of ether oxygens (including phenoxy) is 1. The van der Waals surface area contributed by atoms with Crippen LogP contribution in [0.3, 0.4) is 0 Å². The van der Waals surface area contributed by atoms with Gasteiger partial charge in [0.2, 0.25) is 0 Å². The molecule has 0 aromatic heterocycles. The third kappa shape index (κ3) is 2.26. The van der Waals surface area contributed by atoms with E-state index in [1.807, 2.05) is 19.1 Å². The fourth-order valence-electron chi connectivity index (χ4n) is 0.709. The summed E-state index contributed by atoms with van der Waals surface area (Å²) in [6, 6.07) is 8.22.